The van der Waals surface area contributed by atoms with Gasteiger partial charge in [0.25, 0.3) is 0 Å². The lowest BCUT2D eigenvalue weighted by Gasteiger charge is -2.37. The Bertz CT molecular complexity index is 768. The lowest BCUT2D eigenvalue weighted by molar-refractivity contribution is 0.160. The maximum absolute atomic E-state index is 4.28. The summed E-state index contributed by atoms with van der Waals surface area (Å²) in [6.45, 7) is 16.2. The monoisotopic (exact) mass is 394 g/mol. The topological polar surface area (TPSA) is 39.3 Å². The molecule has 4 heteroatoms. The molecule has 3 aliphatic rings. The van der Waals surface area contributed by atoms with Crippen LogP contribution in [0.3, 0.4) is 0 Å². The van der Waals surface area contributed by atoms with Crippen molar-refractivity contribution in [3.8, 4) is 0 Å². The fourth-order valence-electron chi connectivity index (χ4n) is 5.50. The molecule has 29 heavy (non-hydrogen) atoms. The zero-order valence-corrected chi connectivity index (χ0v) is 18.4. The van der Waals surface area contributed by atoms with E-state index in [-0.39, 0.29) is 0 Å². The molecule has 1 aromatic rings. The number of hydrogen-bond acceptors (Lipinski definition) is 4. The molecule has 2 heterocycles. The molecule has 158 valence electrons. The molecule has 3 N–H and O–H groups in total. The van der Waals surface area contributed by atoms with Gasteiger partial charge in [0.15, 0.2) is 0 Å². The number of nitrogens with one attached hydrogen (secondary N) is 3. The normalized spacial score (nSPS) is 30.3. The predicted octanol–water partition coefficient (Wildman–Crippen LogP) is 5.06. The van der Waals surface area contributed by atoms with Gasteiger partial charge < -0.3 is 16.0 Å². The van der Waals surface area contributed by atoms with Crippen molar-refractivity contribution in [1.82, 2.24) is 15.5 Å². The van der Waals surface area contributed by atoms with Gasteiger partial charge >= 0.3 is 0 Å². The van der Waals surface area contributed by atoms with E-state index in [1.165, 1.54) is 42.5 Å². The molecule has 0 aromatic heterocycles. The van der Waals surface area contributed by atoms with E-state index in [9.17, 15) is 0 Å². The molecular weight excluding hydrogens is 356 g/mol. The van der Waals surface area contributed by atoms with E-state index in [0.717, 1.165) is 30.8 Å². The number of anilines is 1. The van der Waals surface area contributed by atoms with Gasteiger partial charge in [0.1, 0.15) is 0 Å². The Kier molecular flexibility index (Phi) is 6.03. The van der Waals surface area contributed by atoms with Crippen LogP contribution in [0.15, 0.2) is 42.8 Å². The van der Waals surface area contributed by atoms with Crippen LogP contribution in [-0.2, 0) is 6.54 Å². The molecule has 0 bridgehead atoms. The Morgan fingerprint density at radius 2 is 1.86 bits per heavy atom. The van der Waals surface area contributed by atoms with Crippen LogP contribution in [-0.4, -0.2) is 29.1 Å². The van der Waals surface area contributed by atoms with Crippen molar-refractivity contribution < 1.29 is 0 Å². The summed E-state index contributed by atoms with van der Waals surface area (Å²) in [6, 6.07) is 9.46. The Labute approximate surface area is 176 Å². The van der Waals surface area contributed by atoms with Gasteiger partial charge in [-0.05, 0) is 55.9 Å². The summed E-state index contributed by atoms with van der Waals surface area (Å²) in [5.74, 6) is 0. The molecule has 4 rings (SSSR count). The van der Waals surface area contributed by atoms with Crippen molar-refractivity contribution in [2.24, 2.45) is 0 Å². The molecule has 1 saturated heterocycles. The molecule has 2 aliphatic heterocycles. The fourth-order valence-corrected chi connectivity index (χ4v) is 5.50. The Morgan fingerprint density at radius 3 is 2.59 bits per heavy atom. The number of nitrogens with zero attached hydrogens (tertiary/aromatic N) is 1. The summed E-state index contributed by atoms with van der Waals surface area (Å²) >= 11 is 0. The molecule has 1 aromatic carbocycles. The standard InChI is InChI=1S/C25H38N4/c1-16(2)26-23-8-6-7-9-24(23)28-21-11-12-22-19(5)29(15-20(22)14-21)25-13-10-17(3)27-18(25)4/h11-12,14,16,19,23-28H,3-4,6-10,13,15H2,1-2,5H3. The first-order valence-corrected chi connectivity index (χ1v) is 11.5. The minimum atomic E-state index is 0.386. The molecule has 0 radical (unpaired) electrons. The van der Waals surface area contributed by atoms with Crippen LogP contribution < -0.4 is 16.0 Å². The maximum atomic E-state index is 4.28. The van der Waals surface area contributed by atoms with E-state index in [2.05, 4.69) is 73.0 Å². The number of allylic oxidation sites excluding steroid dienone is 1. The summed E-state index contributed by atoms with van der Waals surface area (Å²) in [5.41, 5.74) is 6.40. The number of rotatable bonds is 5. The molecule has 0 spiro atoms. The molecule has 4 atom stereocenters. The Morgan fingerprint density at radius 1 is 1.10 bits per heavy atom. The third kappa shape index (κ3) is 4.39. The van der Waals surface area contributed by atoms with Crippen molar-refractivity contribution in [1.29, 1.82) is 0 Å². The number of hydrogen-bond donors (Lipinski definition) is 3. The second kappa shape index (κ2) is 8.53. The van der Waals surface area contributed by atoms with Gasteiger partial charge in [-0.15, -0.1) is 0 Å². The van der Waals surface area contributed by atoms with Gasteiger partial charge in [-0.25, -0.2) is 0 Å². The van der Waals surface area contributed by atoms with Crippen LogP contribution in [0.1, 0.15) is 76.5 Å². The van der Waals surface area contributed by atoms with E-state index in [4.69, 9.17) is 0 Å². The second-order valence-corrected chi connectivity index (χ2v) is 9.53. The lowest BCUT2D eigenvalue weighted by atomic mass is 9.89. The number of fused-ring (bicyclic) bond motifs is 1. The third-order valence-corrected chi connectivity index (χ3v) is 6.97. The molecule has 0 amide bonds. The van der Waals surface area contributed by atoms with Crippen LogP contribution in [0.2, 0.25) is 0 Å². The van der Waals surface area contributed by atoms with E-state index in [1.807, 2.05) is 0 Å². The van der Waals surface area contributed by atoms with E-state index < -0.39 is 0 Å². The molecule has 4 nitrogen and oxygen atoms in total. The van der Waals surface area contributed by atoms with Crippen molar-refractivity contribution >= 4 is 5.69 Å². The number of piperidine rings is 1. The second-order valence-electron chi connectivity index (χ2n) is 9.53. The molecule has 4 unspecified atom stereocenters. The summed E-state index contributed by atoms with van der Waals surface area (Å²) in [7, 11) is 0. The summed E-state index contributed by atoms with van der Waals surface area (Å²) in [4.78, 5) is 2.60. The van der Waals surface area contributed by atoms with Crippen LogP contribution >= 0.6 is 0 Å². The van der Waals surface area contributed by atoms with E-state index >= 15 is 0 Å². The first kappa shape index (κ1) is 20.5. The molecular formula is C25H38N4. The highest BCUT2D eigenvalue weighted by Gasteiger charge is 2.35. The van der Waals surface area contributed by atoms with Gasteiger partial charge in [0.2, 0.25) is 0 Å². The van der Waals surface area contributed by atoms with Crippen LogP contribution in [0.4, 0.5) is 5.69 Å². The van der Waals surface area contributed by atoms with E-state index in [0.29, 0.717) is 30.2 Å². The maximum Gasteiger partial charge on any atom is 0.0505 e. The van der Waals surface area contributed by atoms with E-state index in [1.54, 1.807) is 0 Å². The van der Waals surface area contributed by atoms with Crippen LogP contribution in [0.25, 0.3) is 0 Å². The van der Waals surface area contributed by atoms with Crippen LogP contribution in [0, 0.1) is 0 Å². The van der Waals surface area contributed by atoms with Gasteiger partial charge in [0, 0.05) is 47.8 Å². The molecule has 1 saturated carbocycles. The average molecular weight is 395 g/mol. The highest BCUT2D eigenvalue weighted by atomic mass is 15.2. The zero-order valence-electron chi connectivity index (χ0n) is 18.4. The van der Waals surface area contributed by atoms with Gasteiger partial charge in [-0.3, -0.25) is 4.90 Å². The molecule has 1 aliphatic carbocycles. The largest absolute Gasteiger partial charge is 0.381 e. The SMILES string of the molecule is C=C1CCC(N2Cc3cc(NC4CCCCC4NC(C)C)ccc3C2C)C(=C)N1. The average Bonchev–Trinajstić information content (AvgIpc) is 2.99. The fraction of sp³-hybridized carbons (Fsp3) is 0.600. The summed E-state index contributed by atoms with van der Waals surface area (Å²) in [5, 5.41) is 11.0. The van der Waals surface area contributed by atoms with Crippen molar-refractivity contribution in [3.05, 3.63) is 53.9 Å². The zero-order chi connectivity index (χ0) is 20.5. The highest BCUT2D eigenvalue weighted by molar-refractivity contribution is 5.52. The Balaban J connectivity index is 1.46. The van der Waals surface area contributed by atoms with Crippen molar-refractivity contribution in [3.63, 3.8) is 0 Å². The van der Waals surface area contributed by atoms with Crippen molar-refractivity contribution in [2.45, 2.75) is 96.1 Å². The minimum absolute atomic E-state index is 0.386. The third-order valence-electron chi connectivity index (χ3n) is 6.97. The van der Waals surface area contributed by atoms with Crippen molar-refractivity contribution in [2.75, 3.05) is 5.32 Å². The predicted molar refractivity (Wildman–Crippen MR) is 123 cm³/mol. The van der Waals surface area contributed by atoms with Gasteiger partial charge in [-0.1, -0.05) is 45.9 Å². The van der Waals surface area contributed by atoms with Gasteiger partial charge in [-0.2, -0.15) is 0 Å². The minimum Gasteiger partial charge on any atom is -0.381 e. The Hall–Kier alpha value is -1.78. The first-order chi connectivity index (χ1) is 13.9. The quantitative estimate of drug-likeness (QED) is 0.652. The first-order valence-electron chi connectivity index (χ1n) is 11.5. The van der Waals surface area contributed by atoms with Gasteiger partial charge in [0.05, 0.1) is 6.04 Å². The number of benzene rings is 1. The lowest BCUT2D eigenvalue weighted by Crippen LogP contribution is -2.48. The highest BCUT2D eigenvalue weighted by Crippen LogP contribution is 2.39. The summed E-state index contributed by atoms with van der Waals surface area (Å²) in [6.07, 6.45) is 7.33. The van der Waals surface area contributed by atoms with Crippen LogP contribution in [0.5, 0.6) is 0 Å². The smallest absolute Gasteiger partial charge is 0.0505 e. The molecule has 2 fully saturated rings. The summed E-state index contributed by atoms with van der Waals surface area (Å²) < 4.78 is 0.